The highest BCUT2D eigenvalue weighted by Gasteiger charge is 2.25. The van der Waals surface area contributed by atoms with Crippen LogP contribution in [0, 0.1) is 0 Å². The van der Waals surface area contributed by atoms with Crippen LogP contribution >= 0.6 is 0 Å². The van der Waals surface area contributed by atoms with E-state index in [4.69, 9.17) is 5.11 Å². The van der Waals surface area contributed by atoms with Crippen molar-refractivity contribution in [2.24, 2.45) is 0 Å². The molecule has 0 radical (unpaired) electrons. The summed E-state index contributed by atoms with van der Waals surface area (Å²) >= 11 is 0. The second-order valence-corrected chi connectivity index (χ2v) is 6.28. The van der Waals surface area contributed by atoms with Crippen molar-refractivity contribution >= 4 is 29.3 Å². The maximum absolute atomic E-state index is 12.4. The molecule has 5 N–H and O–H groups in total. The van der Waals surface area contributed by atoms with E-state index in [9.17, 15) is 14.4 Å². The molecule has 3 rings (SSSR count). The lowest BCUT2D eigenvalue weighted by Crippen LogP contribution is -2.38. The van der Waals surface area contributed by atoms with Crippen LogP contribution in [0.25, 0.3) is 0 Å². The van der Waals surface area contributed by atoms with E-state index in [-0.39, 0.29) is 24.8 Å². The van der Waals surface area contributed by atoms with Gasteiger partial charge in [-0.05, 0) is 35.9 Å². The van der Waals surface area contributed by atoms with Gasteiger partial charge in [0.25, 0.3) is 5.91 Å². The molecule has 9 heteroatoms. The Kier molecular flexibility index (Phi) is 6.05. The molecule has 0 spiro atoms. The summed E-state index contributed by atoms with van der Waals surface area (Å²) in [6, 6.07) is 9.70. The van der Waals surface area contributed by atoms with Gasteiger partial charge in [0.05, 0.1) is 6.42 Å². The first-order valence-corrected chi connectivity index (χ1v) is 8.85. The lowest BCUT2D eigenvalue weighted by atomic mass is 10.1. The van der Waals surface area contributed by atoms with Crippen molar-refractivity contribution in [3.63, 3.8) is 0 Å². The van der Waals surface area contributed by atoms with Gasteiger partial charge in [-0.15, -0.1) is 0 Å². The second kappa shape index (κ2) is 8.85. The minimum atomic E-state index is -1.06. The molecule has 0 bridgehead atoms. The summed E-state index contributed by atoms with van der Waals surface area (Å²) in [6.45, 7) is 1.17. The van der Waals surface area contributed by atoms with E-state index < -0.39 is 12.0 Å². The van der Waals surface area contributed by atoms with Gasteiger partial charge in [0.1, 0.15) is 11.9 Å². The lowest BCUT2D eigenvalue weighted by molar-refractivity contribution is -0.139. The number of rotatable bonds is 7. The van der Waals surface area contributed by atoms with Crippen LogP contribution in [0.3, 0.4) is 0 Å². The zero-order valence-corrected chi connectivity index (χ0v) is 15.1. The molecule has 0 saturated carbocycles. The predicted molar refractivity (Wildman–Crippen MR) is 103 cm³/mol. The van der Waals surface area contributed by atoms with Crippen molar-refractivity contribution in [2.45, 2.75) is 19.0 Å². The Hall–Kier alpha value is -3.62. The molecular weight excluding hydrogens is 362 g/mol. The molecule has 1 atom stereocenters. The fourth-order valence-corrected chi connectivity index (χ4v) is 2.84. The molecule has 1 aliphatic rings. The Morgan fingerprint density at radius 3 is 2.82 bits per heavy atom. The van der Waals surface area contributed by atoms with Crippen LogP contribution < -0.4 is 21.3 Å². The third kappa shape index (κ3) is 4.97. The molecule has 0 fully saturated rings. The molecule has 1 aromatic carbocycles. The number of hydrogen-bond acceptors (Lipinski definition) is 6. The van der Waals surface area contributed by atoms with Crippen molar-refractivity contribution in [3.8, 4) is 0 Å². The lowest BCUT2D eigenvalue weighted by Gasteiger charge is -2.14. The van der Waals surface area contributed by atoms with Crippen LogP contribution in [-0.2, 0) is 16.1 Å². The molecule has 2 heterocycles. The van der Waals surface area contributed by atoms with Crippen molar-refractivity contribution in [3.05, 3.63) is 53.7 Å². The first kappa shape index (κ1) is 19.2. The molecule has 146 valence electrons. The number of carboxylic acid groups (broad SMARTS) is 1. The van der Waals surface area contributed by atoms with Crippen molar-refractivity contribution < 1.29 is 19.5 Å². The van der Waals surface area contributed by atoms with Gasteiger partial charge < -0.3 is 26.4 Å². The van der Waals surface area contributed by atoms with Gasteiger partial charge >= 0.3 is 5.97 Å². The van der Waals surface area contributed by atoms with E-state index in [2.05, 4.69) is 26.3 Å². The Morgan fingerprint density at radius 1 is 1.21 bits per heavy atom. The number of nitrogens with zero attached hydrogens (tertiary/aromatic N) is 1. The number of amides is 2. The molecule has 0 saturated heterocycles. The number of nitrogens with one attached hydrogen (secondary N) is 4. The van der Waals surface area contributed by atoms with Crippen LogP contribution in [0.2, 0.25) is 0 Å². The van der Waals surface area contributed by atoms with E-state index >= 15 is 0 Å². The fraction of sp³-hybridized carbons (Fsp3) is 0.263. The summed E-state index contributed by atoms with van der Waals surface area (Å²) in [7, 11) is 0. The first-order valence-electron chi connectivity index (χ1n) is 8.85. The number of anilines is 2. The van der Waals surface area contributed by atoms with Crippen LogP contribution in [0.1, 0.15) is 22.3 Å². The largest absolute Gasteiger partial charge is 0.481 e. The van der Waals surface area contributed by atoms with Gasteiger partial charge in [0, 0.05) is 37.1 Å². The molecular formula is C19H21N5O4. The molecule has 1 unspecified atom stereocenters. The predicted octanol–water partition coefficient (Wildman–Crippen LogP) is 0.808. The van der Waals surface area contributed by atoms with Gasteiger partial charge in [-0.25, -0.2) is 4.98 Å². The fourth-order valence-electron chi connectivity index (χ4n) is 2.84. The van der Waals surface area contributed by atoms with Gasteiger partial charge in [0.2, 0.25) is 5.91 Å². The normalized spacial score (nSPS) is 15.4. The minimum absolute atomic E-state index is 0.222. The first-order chi connectivity index (χ1) is 13.5. The highest BCUT2D eigenvalue weighted by atomic mass is 16.4. The Bertz CT molecular complexity index is 872. The molecule has 28 heavy (non-hydrogen) atoms. The zero-order chi connectivity index (χ0) is 19.9. The third-order valence-electron chi connectivity index (χ3n) is 4.23. The Morgan fingerprint density at radius 2 is 2.07 bits per heavy atom. The summed E-state index contributed by atoms with van der Waals surface area (Å²) < 4.78 is 0. The highest BCUT2D eigenvalue weighted by Crippen LogP contribution is 2.22. The molecule has 2 amide bonds. The average molecular weight is 383 g/mol. The molecule has 1 aliphatic heterocycles. The van der Waals surface area contributed by atoms with Crippen LogP contribution in [-0.4, -0.2) is 47.0 Å². The Balaban J connectivity index is 1.57. The number of fused-ring (bicyclic) bond motifs is 1. The average Bonchev–Trinajstić information content (AvgIpc) is 2.84. The SMILES string of the molecule is O=C(O)CC1Nc2ccc(C(=O)NCCNc3ccccn3)cc2CNC1=O. The summed E-state index contributed by atoms with van der Waals surface area (Å²) in [6.07, 6.45) is 1.36. The van der Waals surface area contributed by atoms with Gasteiger partial charge in [0.15, 0.2) is 0 Å². The highest BCUT2D eigenvalue weighted by molar-refractivity contribution is 5.95. The number of aliphatic carboxylic acids is 1. The Labute approximate surface area is 161 Å². The molecule has 9 nitrogen and oxygen atoms in total. The standard InChI is InChI=1S/C19H21N5O4/c25-17(26)10-15-19(28)23-11-13-9-12(4-5-14(13)24-15)18(27)22-8-7-21-16-3-1-2-6-20-16/h1-6,9,15,24H,7-8,10-11H2,(H,20,21)(H,22,27)(H,23,28)(H,25,26). The third-order valence-corrected chi connectivity index (χ3v) is 4.23. The number of carboxylic acids is 1. The van der Waals surface area contributed by atoms with E-state index in [1.54, 1.807) is 24.4 Å². The minimum Gasteiger partial charge on any atom is -0.481 e. The molecule has 2 aromatic rings. The van der Waals surface area contributed by atoms with Crippen molar-refractivity contribution in [1.29, 1.82) is 0 Å². The summed E-state index contributed by atoms with van der Waals surface area (Å²) in [5, 5.41) is 20.5. The summed E-state index contributed by atoms with van der Waals surface area (Å²) in [5.41, 5.74) is 1.82. The quantitative estimate of drug-likeness (QED) is 0.447. The second-order valence-electron chi connectivity index (χ2n) is 6.28. The van der Waals surface area contributed by atoms with Crippen LogP contribution in [0.15, 0.2) is 42.6 Å². The number of benzene rings is 1. The number of hydrogen-bond donors (Lipinski definition) is 5. The van der Waals surface area contributed by atoms with Gasteiger partial charge in [-0.2, -0.15) is 0 Å². The smallest absolute Gasteiger partial charge is 0.305 e. The number of pyridine rings is 1. The monoisotopic (exact) mass is 383 g/mol. The zero-order valence-electron chi connectivity index (χ0n) is 15.1. The van der Waals surface area contributed by atoms with E-state index in [1.165, 1.54) is 0 Å². The number of carbonyl (C=O) groups is 3. The van der Waals surface area contributed by atoms with E-state index in [0.29, 0.717) is 24.3 Å². The van der Waals surface area contributed by atoms with Crippen LogP contribution in [0.5, 0.6) is 0 Å². The molecule has 0 aliphatic carbocycles. The molecule has 1 aromatic heterocycles. The maximum Gasteiger partial charge on any atom is 0.305 e. The topological polar surface area (TPSA) is 132 Å². The maximum atomic E-state index is 12.4. The van der Waals surface area contributed by atoms with E-state index in [0.717, 1.165) is 11.4 Å². The number of carbonyl (C=O) groups excluding carboxylic acids is 2. The van der Waals surface area contributed by atoms with Crippen molar-refractivity contribution in [1.82, 2.24) is 15.6 Å². The van der Waals surface area contributed by atoms with Crippen LogP contribution in [0.4, 0.5) is 11.5 Å². The van der Waals surface area contributed by atoms with Crippen molar-refractivity contribution in [2.75, 3.05) is 23.7 Å². The van der Waals surface area contributed by atoms with Gasteiger partial charge in [-0.1, -0.05) is 6.07 Å². The van der Waals surface area contributed by atoms with E-state index in [1.807, 2.05) is 18.2 Å². The summed E-state index contributed by atoms with van der Waals surface area (Å²) in [4.78, 5) is 39.4. The van der Waals surface area contributed by atoms with Gasteiger partial charge in [-0.3, -0.25) is 14.4 Å². The number of aromatic nitrogens is 1. The summed E-state index contributed by atoms with van der Waals surface area (Å²) in [5.74, 6) is -0.945.